The first-order valence-corrected chi connectivity index (χ1v) is 6.45. The number of carbonyl (C=O) groups excluding carboxylic acids is 1. The Morgan fingerprint density at radius 3 is 2.89 bits per heavy atom. The SMILES string of the molecule is O=C(C=Cc1ccc(Cl)cc1)NCC1CCCO1. The lowest BCUT2D eigenvalue weighted by Crippen LogP contribution is -2.30. The Balaban J connectivity index is 1.77. The van der Waals surface area contributed by atoms with Gasteiger partial charge in [-0.2, -0.15) is 0 Å². The quantitative estimate of drug-likeness (QED) is 0.850. The van der Waals surface area contributed by atoms with E-state index >= 15 is 0 Å². The molecule has 4 heteroatoms. The van der Waals surface area contributed by atoms with Gasteiger partial charge < -0.3 is 10.1 Å². The monoisotopic (exact) mass is 265 g/mol. The van der Waals surface area contributed by atoms with Gasteiger partial charge >= 0.3 is 0 Å². The zero-order valence-electron chi connectivity index (χ0n) is 10.1. The molecule has 0 radical (unpaired) electrons. The fourth-order valence-electron chi connectivity index (χ4n) is 1.82. The van der Waals surface area contributed by atoms with E-state index in [2.05, 4.69) is 5.32 Å². The van der Waals surface area contributed by atoms with E-state index in [0.29, 0.717) is 11.6 Å². The average Bonchev–Trinajstić information content (AvgIpc) is 2.89. The van der Waals surface area contributed by atoms with Gasteiger partial charge in [0.2, 0.25) is 5.91 Å². The Morgan fingerprint density at radius 2 is 2.22 bits per heavy atom. The van der Waals surface area contributed by atoms with E-state index in [1.807, 2.05) is 12.1 Å². The summed E-state index contributed by atoms with van der Waals surface area (Å²) in [5.41, 5.74) is 0.951. The van der Waals surface area contributed by atoms with Crippen molar-refractivity contribution >= 4 is 23.6 Å². The fraction of sp³-hybridized carbons (Fsp3) is 0.357. The third kappa shape index (κ3) is 4.17. The highest BCUT2D eigenvalue weighted by Gasteiger charge is 2.15. The summed E-state index contributed by atoms with van der Waals surface area (Å²) < 4.78 is 5.43. The van der Waals surface area contributed by atoms with Crippen LogP contribution in [-0.2, 0) is 9.53 Å². The maximum absolute atomic E-state index is 11.6. The van der Waals surface area contributed by atoms with Gasteiger partial charge in [0.1, 0.15) is 0 Å². The molecule has 0 aromatic heterocycles. The van der Waals surface area contributed by atoms with Crippen LogP contribution in [0.5, 0.6) is 0 Å². The summed E-state index contributed by atoms with van der Waals surface area (Å²) in [4.78, 5) is 11.6. The number of rotatable bonds is 4. The molecule has 96 valence electrons. The van der Waals surface area contributed by atoms with Gasteiger partial charge in [0, 0.05) is 24.3 Å². The topological polar surface area (TPSA) is 38.3 Å². The summed E-state index contributed by atoms with van der Waals surface area (Å²) in [6, 6.07) is 7.33. The number of halogens is 1. The van der Waals surface area contributed by atoms with E-state index in [-0.39, 0.29) is 12.0 Å². The van der Waals surface area contributed by atoms with Crippen molar-refractivity contribution in [2.24, 2.45) is 0 Å². The number of carbonyl (C=O) groups is 1. The Labute approximate surface area is 112 Å². The molecule has 1 atom stereocenters. The first kappa shape index (κ1) is 13.1. The summed E-state index contributed by atoms with van der Waals surface area (Å²) >= 11 is 5.78. The average molecular weight is 266 g/mol. The number of hydrogen-bond acceptors (Lipinski definition) is 2. The van der Waals surface area contributed by atoms with Crippen LogP contribution in [0.25, 0.3) is 6.08 Å². The van der Waals surface area contributed by atoms with Crippen LogP contribution in [-0.4, -0.2) is 25.2 Å². The highest BCUT2D eigenvalue weighted by atomic mass is 35.5. The molecule has 1 N–H and O–H groups in total. The van der Waals surface area contributed by atoms with Gasteiger partial charge in [-0.05, 0) is 36.6 Å². The van der Waals surface area contributed by atoms with Crippen LogP contribution >= 0.6 is 11.6 Å². The molecule has 1 fully saturated rings. The van der Waals surface area contributed by atoms with Crippen molar-refractivity contribution in [2.75, 3.05) is 13.2 Å². The molecule has 3 nitrogen and oxygen atoms in total. The lowest BCUT2D eigenvalue weighted by molar-refractivity contribution is -0.116. The molecule has 18 heavy (non-hydrogen) atoms. The number of hydrogen-bond donors (Lipinski definition) is 1. The third-order valence-corrected chi connectivity index (χ3v) is 3.08. The Hall–Kier alpha value is -1.32. The van der Waals surface area contributed by atoms with Gasteiger partial charge in [-0.25, -0.2) is 0 Å². The predicted molar refractivity (Wildman–Crippen MR) is 72.5 cm³/mol. The summed E-state index contributed by atoms with van der Waals surface area (Å²) in [7, 11) is 0. The largest absolute Gasteiger partial charge is 0.376 e. The van der Waals surface area contributed by atoms with Crippen molar-refractivity contribution in [3.63, 3.8) is 0 Å². The molecule has 1 amide bonds. The lowest BCUT2D eigenvalue weighted by Gasteiger charge is -2.08. The second-order valence-corrected chi connectivity index (χ2v) is 4.70. The molecule has 0 saturated carbocycles. The molecule has 0 spiro atoms. The smallest absolute Gasteiger partial charge is 0.244 e. The number of amides is 1. The molecule has 1 saturated heterocycles. The van der Waals surface area contributed by atoms with Crippen LogP contribution in [0, 0.1) is 0 Å². The highest BCUT2D eigenvalue weighted by molar-refractivity contribution is 6.30. The molecule has 0 bridgehead atoms. The predicted octanol–water partition coefficient (Wildman–Crippen LogP) is 2.65. The normalized spacial score (nSPS) is 19.3. The number of benzene rings is 1. The van der Waals surface area contributed by atoms with E-state index in [1.54, 1.807) is 18.2 Å². The van der Waals surface area contributed by atoms with Crippen molar-refractivity contribution in [1.82, 2.24) is 5.32 Å². The minimum absolute atomic E-state index is 0.0968. The Kier molecular flexibility index (Phi) is 4.79. The van der Waals surface area contributed by atoms with Crippen molar-refractivity contribution in [2.45, 2.75) is 18.9 Å². The highest BCUT2D eigenvalue weighted by Crippen LogP contribution is 2.11. The molecular formula is C14H16ClNO2. The van der Waals surface area contributed by atoms with E-state index in [9.17, 15) is 4.79 Å². The van der Waals surface area contributed by atoms with Crippen LogP contribution in [0.2, 0.25) is 5.02 Å². The third-order valence-electron chi connectivity index (χ3n) is 2.83. The summed E-state index contributed by atoms with van der Waals surface area (Å²) in [6.07, 6.45) is 5.58. The van der Waals surface area contributed by atoms with Gasteiger partial charge in [-0.1, -0.05) is 23.7 Å². The van der Waals surface area contributed by atoms with Gasteiger partial charge in [0.25, 0.3) is 0 Å². The van der Waals surface area contributed by atoms with Crippen molar-refractivity contribution in [1.29, 1.82) is 0 Å². The van der Waals surface area contributed by atoms with Gasteiger partial charge in [-0.3, -0.25) is 4.79 Å². The first-order valence-electron chi connectivity index (χ1n) is 6.07. The van der Waals surface area contributed by atoms with Crippen molar-refractivity contribution in [3.05, 3.63) is 40.9 Å². The van der Waals surface area contributed by atoms with Gasteiger partial charge in [-0.15, -0.1) is 0 Å². The second kappa shape index (κ2) is 6.57. The second-order valence-electron chi connectivity index (χ2n) is 4.27. The van der Waals surface area contributed by atoms with Crippen LogP contribution in [0.1, 0.15) is 18.4 Å². The van der Waals surface area contributed by atoms with E-state index in [1.165, 1.54) is 6.08 Å². The van der Waals surface area contributed by atoms with E-state index < -0.39 is 0 Å². The zero-order chi connectivity index (χ0) is 12.8. The maximum Gasteiger partial charge on any atom is 0.244 e. The molecule has 1 aromatic rings. The lowest BCUT2D eigenvalue weighted by atomic mass is 10.2. The molecule has 1 aliphatic heterocycles. The zero-order valence-corrected chi connectivity index (χ0v) is 10.8. The Morgan fingerprint density at radius 1 is 1.44 bits per heavy atom. The standard InChI is InChI=1S/C14H16ClNO2/c15-12-6-3-11(4-7-12)5-8-14(17)16-10-13-2-1-9-18-13/h3-8,13H,1-2,9-10H2,(H,16,17). The molecule has 0 aliphatic carbocycles. The van der Waals surface area contributed by atoms with Gasteiger partial charge in [0.05, 0.1) is 6.10 Å². The maximum atomic E-state index is 11.6. The van der Waals surface area contributed by atoms with Crippen LogP contribution < -0.4 is 5.32 Å². The minimum Gasteiger partial charge on any atom is -0.376 e. The number of nitrogens with one attached hydrogen (secondary N) is 1. The van der Waals surface area contributed by atoms with Crippen molar-refractivity contribution < 1.29 is 9.53 Å². The summed E-state index contributed by atoms with van der Waals surface area (Å²) in [5, 5.41) is 3.52. The van der Waals surface area contributed by atoms with Gasteiger partial charge in [0.15, 0.2) is 0 Å². The summed E-state index contributed by atoms with van der Waals surface area (Å²) in [5.74, 6) is -0.0968. The molecule has 2 rings (SSSR count). The van der Waals surface area contributed by atoms with Crippen LogP contribution in [0.15, 0.2) is 30.3 Å². The van der Waals surface area contributed by atoms with E-state index in [4.69, 9.17) is 16.3 Å². The van der Waals surface area contributed by atoms with E-state index in [0.717, 1.165) is 25.0 Å². The molecular weight excluding hydrogens is 250 g/mol. The van der Waals surface area contributed by atoms with Crippen LogP contribution in [0.3, 0.4) is 0 Å². The molecule has 1 unspecified atom stereocenters. The van der Waals surface area contributed by atoms with Crippen molar-refractivity contribution in [3.8, 4) is 0 Å². The first-order chi connectivity index (χ1) is 8.74. The molecule has 1 heterocycles. The molecule has 1 aromatic carbocycles. The molecule has 1 aliphatic rings. The van der Waals surface area contributed by atoms with Crippen LogP contribution in [0.4, 0.5) is 0 Å². The fourth-order valence-corrected chi connectivity index (χ4v) is 1.95. The minimum atomic E-state index is -0.0968. The number of ether oxygens (including phenoxy) is 1. The Bertz CT molecular complexity index is 422. The summed E-state index contributed by atoms with van der Waals surface area (Å²) in [6.45, 7) is 1.39.